The van der Waals surface area contributed by atoms with Crippen LogP contribution in [0.3, 0.4) is 0 Å². The van der Waals surface area contributed by atoms with Crippen LogP contribution in [0.2, 0.25) is 0 Å². The van der Waals surface area contributed by atoms with E-state index in [0.717, 1.165) is 17.9 Å². The Hall–Kier alpha value is -1.00. The predicted molar refractivity (Wildman–Crippen MR) is 75.0 cm³/mol. The molecule has 84 valence electrons. The van der Waals surface area contributed by atoms with Gasteiger partial charge >= 0.3 is 0 Å². The third kappa shape index (κ3) is 2.57. The van der Waals surface area contributed by atoms with Crippen LogP contribution in [0.25, 0.3) is 0 Å². The average molecular weight is 297 g/mol. The van der Waals surface area contributed by atoms with Gasteiger partial charge in [0.05, 0.1) is 6.54 Å². The summed E-state index contributed by atoms with van der Waals surface area (Å²) in [5.74, 6) is 0. The zero-order valence-corrected chi connectivity index (χ0v) is 11.4. The predicted octanol–water partition coefficient (Wildman–Crippen LogP) is 3.73. The van der Waals surface area contributed by atoms with Crippen LogP contribution in [0.1, 0.15) is 4.88 Å². The highest BCUT2D eigenvalue weighted by atomic mass is 79.9. The number of halogens is 1. The molecule has 1 aromatic heterocycles. The van der Waals surface area contributed by atoms with Crippen LogP contribution in [0.4, 0.5) is 11.4 Å². The Balaban J connectivity index is 2.14. The smallest absolute Gasteiger partial charge is 0.0530 e. The number of anilines is 2. The summed E-state index contributed by atoms with van der Waals surface area (Å²) in [7, 11) is 2.07. The molecule has 0 radical (unpaired) electrons. The standard InChI is InChI=1S/C12H13BrN2S/c1-15(8-12-11(13)5-6-16-12)10-4-2-3-9(14)7-10/h2-7H,8,14H2,1H3. The van der Waals surface area contributed by atoms with Crippen molar-refractivity contribution in [1.82, 2.24) is 0 Å². The number of rotatable bonds is 3. The molecular formula is C12H13BrN2S. The molecule has 2 rings (SSSR count). The molecule has 2 aromatic rings. The first-order chi connectivity index (χ1) is 7.66. The Kier molecular flexibility index (Phi) is 3.51. The second-order valence-electron chi connectivity index (χ2n) is 3.64. The zero-order valence-electron chi connectivity index (χ0n) is 8.98. The first-order valence-corrected chi connectivity index (χ1v) is 6.62. The third-order valence-corrected chi connectivity index (χ3v) is 4.29. The fourth-order valence-corrected chi connectivity index (χ4v) is 3.04. The minimum atomic E-state index is 0.801. The molecule has 0 atom stereocenters. The van der Waals surface area contributed by atoms with E-state index in [9.17, 15) is 0 Å². The van der Waals surface area contributed by atoms with E-state index in [-0.39, 0.29) is 0 Å². The lowest BCUT2D eigenvalue weighted by molar-refractivity contribution is 0.937. The van der Waals surface area contributed by atoms with Crippen LogP contribution >= 0.6 is 27.3 Å². The fourth-order valence-electron chi connectivity index (χ4n) is 1.51. The summed E-state index contributed by atoms with van der Waals surface area (Å²) in [6.45, 7) is 0.891. The van der Waals surface area contributed by atoms with Gasteiger partial charge in [0.1, 0.15) is 0 Å². The van der Waals surface area contributed by atoms with E-state index in [1.54, 1.807) is 11.3 Å². The van der Waals surface area contributed by atoms with Crippen LogP contribution in [-0.4, -0.2) is 7.05 Å². The van der Waals surface area contributed by atoms with Crippen molar-refractivity contribution >= 4 is 38.6 Å². The molecule has 0 saturated heterocycles. The maximum atomic E-state index is 5.77. The third-order valence-electron chi connectivity index (χ3n) is 2.38. The van der Waals surface area contributed by atoms with Crippen LogP contribution in [0.15, 0.2) is 40.2 Å². The summed E-state index contributed by atoms with van der Waals surface area (Å²) in [6, 6.07) is 10.0. The van der Waals surface area contributed by atoms with E-state index in [0.29, 0.717) is 0 Å². The van der Waals surface area contributed by atoms with E-state index >= 15 is 0 Å². The minimum Gasteiger partial charge on any atom is -0.399 e. The molecule has 0 saturated carbocycles. The van der Waals surface area contributed by atoms with Crippen LogP contribution < -0.4 is 10.6 Å². The molecular weight excluding hydrogens is 284 g/mol. The van der Waals surface area contributed by atoms with Crippen LogP contribution in [-0.2, 0) is 6.54 Å². The Morgan fingerprint density at radius 1 is 1.38 bits per heavy atom. The number of thiophene rings is 1. The van der Waals surface area contributed by atoms with Crippen molar-refractivity contribution in [2.75, 3.05) is 17.7 Å². The number of nitrogen functional groups attached to an aromatic ring is 1. The first kappa shape index (κ1) is 11.5. The van der Waals surface area contributed by atoms with E-state index in [2.05, 4.69) is 45.4 Å². The number of hydrogen-bond acceptors (Lipinski definition) is 3. The molecule has 0 bridgehead atoms. The van der Waals surface area contributed by atoms with E-state index < -0.39 is 0 Å². The molecule has 2 N–H and O–H groups in total. The summed E-state index contributed by atoms with van der Waals surface area (Å²) in [4.78, 5) is 3.51. The summed E-state index contributed by atoms with van der Waals surface area (Å²) in [5.41, 5.74) is 7.71. The molecule has 4 heteroatoms. The zero-order chi connectivity index (χ0) is 11.5. The monoisotopic (exact) mass is 296 g/mol. The van der Waals surface area contributed by atoms with Gasteiger partial charge in [-0.15, -0.1) is 11.3 Å². The number of hydrogen-bond donors (Lipinski definition) is 1. The Morgan fingerprint density at radius 3 is 2.81 bits per heavy atom. The quantitative estimate of drug-likeness (QED) is 0.875. The average Bonchev–Trinajstić information content (AvgIpc) is 2.64. The minimum absolute atomic E-state index is 0.801. The van der Waals surface area contributed by atoms with E-state index in [4.69, 9.17) is 5.73 Å². The van der Waals surface area contributed by atoms with Gasteiger partial charge in [-0.2, -0.15) is 0 Å². The highest BCUT2D eigenvalue weighted by molar-refractivity contribution is 9.10. The van der Waals surface area contributed by atoms with Gasteiger partial charge in [-0.3, -0.25) is 0 Å². The van der Waals surface area contributed by atoms with Crippen molar-refractivity contribution in [2.45, 2.75) is 6.54 Å². The van der Waals surface area contributed by atoms with Gasteiger partial charge in [0.2, 0.25) is 0 Å². The largest absolute Gasteiger partial charge is 0.399 e. The Labute approximate surface area is 108 Å². The fraction of sp³-hybridized carbons (Fsp3) is 0.167. The molecule has 0 amide bonds. The van der Waals surface area contributed by atoms with Gasteiger partial charge < -0.3 is 10.6 Å². The Morgan fingerprint density at radius 2 is 2.19 bits per heavy atom. The molecule has 0 fully saturated rings. The second kappa shape index (κ2) is 4.89. The van der Waals surface area contributed by atoms with Crippen molar-refractivity contribution in [3.63, 3.8) is 0 Å². The summed E-state index contributed by atoms with van der Waals surface area (Å²) in [5, 5.41) is 2.09. The SMILES string of the molecule is CN(Cc1sccc1Br)c1cccc(N)c1. The molecule has 2 nitrogen and oxygen atoms in total. The lowest BCUT2D eigenvalue weighted by Crippen LogP contribution is -2.15. The normalized spacial score (nSPS) is 10.4. The lowest BCUT2D eigenvalue weighted by Gasteiger charge is -2.19. The number of benzene rings is 1. The molecule has 0 aliphatic rings. The van der Waals surface area contributed by atoms with Crippen molar-refractivity contribution in [1.29, 1.82) is 0 Å². The maximum Gasteiger partial charge on any atom is 0.0530 e. The van der Waals surface area contributed by atoms with E-state index in [1.807, 2.05) is 18.2 Å². The molecule has 1 aromatic carbocycles. The van der Waals surface area contributed by atoms with Crippen LogP contribution in [0.5, 0.6) is 0 Å². The summed E-state index contributed by atoms with van der Waals surface area (Å²) < 4.78 is 1.17. The Bertz CT molecular complexity index is 481. The van der Waals surface area contributed by atoms with Gasteiger partial charge in [-0.05, 0) is 45.6 Å². The molecule has 16 heavy (non-hydrogen) atoms. The summed E-state index contributed by atoms with van der Waals surface area (Å²) in [6.07, 6.45) is 0. The second-order valence-corrected chi connectivity index (χ2v) is 5.50. The van der Waals surface area contributed by atoms with E-state index in [1.165, 1.54) is 9.35 Å². The highest BCUT2D eigenvalue weighted by Gasteiger charge is 2.06. The van der Waals surface area contributed by atoms with Crippen molar-refractivity contribution in [3.05, 3.63) is 45.1 Å². The molecule has 0 aliphatic heterocycles. The summed E-state index contributed by atoms with van der Waals surface area (Å²) >= 11 is 5.30. The first-order valence-electron chi connectivity index (χ1n) is 4.95. The highest BCUT2D eigenvalue weighted by Crippen LogP contribution is 2.26. The number of nitrogens with two attached hydrogens (primary N) is 1. The topological polar surface area (TPSA) is 29.3 Å². The van der Waals surface area contributed by atoms with Gasteiger partial charge in [-0.25, -0.2) is 0 Å². The lowest BCUT2D eigenvalue weighted by atomic mass is 10.2. The maximum absolute atomic E-state index is 5.77. The molecule has 0 aliphatic carbocycles. The van der Waals surface area contributed by atoms with Gasteiger partial charge in [0, 0.05) is 27.8 Å². The van der Waals surface area contributed by atoms with Gasteiger partial charge in [-0.1, -0.05) is 6.07 Å². The number of nitrogens with zero attached hydrogens (tertiary/aromatic N) is 1. The molecule has 0 spiro atoms. The molecule has 1 heterocycles. The molecule has 0 unspecified atom stereocenters. The van der Waals surface area contributed by atoms with Gasteiger partial charge in [0.15, 0.2) is 0 Å². The van der Waals surface area contributed by atoms with Gasteiger partial charge in [0.25, 0.3) is 0 Å². The van der Waals surface area contributed by atoms with Crippen molar-refractivity contribution in [2.24, 2.45) is 0 Å². The van der Waals surface area contributed by atoms with Crippen molar-refractivity contribution < 1.29 is 0 Å². The van der Waals surface area contributed by atoms with Crippen molar-refractivity contribution in [3.8, 4) is 0 Å². The van der Waals surface area contributed by atoms with Crippen LogP contribution in [0, 0.1) is 0 Å².